The zero-order valence-electron chi connectivity index (χ0n) is 8.16. The molecule has 2 aliphatic rings. The molecular formula is C9H19N3. The van der Waals surface area contributed by atoms with Crippen molar-refractivity contribution in [3.63, 3.8) is 0 Å². The molecule has 0 aromatic rings. The Hall–Kier alpha value is -0.120. The fourth-order valence-corrected chi connectivity index (χ4v) is 2.41. The zero-order chi connectivity index (χ0) is 8.55. The lowest BCUT2D eigenvalue weighted by atomic mass is 10.4. The van der Waals surface area contributed by atoms with E-state index < -0.39 is 0 Å². The maximum Gasteiger partial charge on any atom is 0.119 e. The van der Waals surface area contributed by atoms with Crippen molar-refractivity contribution in [2.45, 2.75) is 19.1 Å². The van der Waals surface area contributed by atoms with E-state index in [-0.39, 0.29) is 0 Å². The molecule has 0 saturated carbocycles. The minimum atomic E-state index is 0.590. The molecule has 0 aliphatic carbocycles. The van der Waals surface area contributed by atoms with Crippen molar-refractivity contribution in [3.05, 3.63) is 0 Å². The standard InChI is InChI=1S/C9H19N3/c1-10-7-8-11(2)9(10)12-5-3-4-6-12/h9H,3-8H2,1-2H3. The molecule has 3 heteroatoms. The van der Waals surface area contributed by atoms with Crippen molar-refractivity contribution in [1.82, 2.24) is 14.7 Å². The first kappa shape index (κ1) is 8.48. The molecule has 2 aliphatic heterocycles. The van der Waals surface area contributed by atoms with E-state index in [2.05, 4.69) is 28.8 Å². The average molecular weight is 169 g/mol. The number of likely N-dealkylation sites (N-methyl/N-ethyl adjacent to an activating group) is 2. The smallest absolute Gasteiger partial charge is 0.119 e. The fraction of sp³-hybridized carbons (Fsp3) is 1.00. The van der Waals surface area contributed by atoms with Gasteiger partial charge < -0.3 is 0 Å². The molecule has 0 amide bonds. The van der Waals surface area contributed by atoms with Gasteiger partial charge in [-0.15, -0.1) is 0 Å². The van der Waals surface area contributed by atoms with Gasteiger partial charge in [-0.05, 0) is 26.9 Å². The summed E-state index contributed by atoms with van der Waals surface area (Å²) in [6, 6.07) is 0. The van der Waals surface area contributed by atoms with E-state index in [0.717, 1.165) is 0 Å². The van der Waals surface area contributed by atoms with Crippen LogP contribution in [-0.2, 0) is 0 Å². The average Bonchev–Trinajstić information content (AvgIpc) is 2.61. The molecule has 0 bridgehead atoms. The summed E-state index contributed by atoms with van der Waals surface area (Å²) in [5.41, 5.74) is 0. The summed E-state index contributed by atoms with van der Waals surface area (Å²) in [4.78, 5) is 7.49. The van der Waals surface area contributed by atoms with Crippen LogP contribution >= 0.6 is 0 Å². The Balaban J connectivity index is 1.99. The Morgan fingerprint density at radius 2 is 1.33 bits per heavy atom. The van der Waals surface area contributed by atoms with Gasteiger partial charge in [0.15, 0.2) is 0 Å². The first-order chi connectivity index (χ1) is 5.79. The van der Waals surface area contributed by atoms with Gasteiger partial charge >= 0.3 is 0 Å². The summed E-state index contributed by atoms with van der Waals surface area (Å²) in [5, 5.41) is 0. The lowest BCUT2D eigenvalue weighted by Gasteiger charge is -2.33. The highest BCUT2D eigenvalue weighted by Crippen LogP contribution is 2.19. The maximum atomic E-state index is 2.59. The summed E-state index contributed by atoms with van der Waals surface area (Å²) in [7, 11) is 4.46. The quantitative estimate of drug-likeness (QED) is 0.557. The van der Waals surface area contributed by atoms with Crippen LogP contribution in [0.3, 0.4) is 0 Å². The first-order valence-electron chi connectivity index (χ1n) is 4.93. The first-order valence-corrected chi connectivity index (χ1v) is 4.93. The van der Waals surface area contributed by atoms with E-state index in [4.69, 9.17) is 0 Å². The second-order valence-corrected chi connectivity index (χ2v) is 4.05. The van der Waals surface area contributed by atoms with Gasteiger partial charge in [-0.2, -0.15) is 0 Å². The van der Waals surface area contributed by atoms with E-state index in [0.29, 0.717) is 6.29 Å². The molecule has 0 aromatic heterocycles. The fourth-order valence-electron chi connectivity index (χ4n) is 2.41. The van der Waals surface area contributed by atoms with E-state index in [1.54, 1.807) is 0 Å². The number of hydrogen-bond acceptors (Lipinski definition) is 3. The molecule has 0 radical (unpaired) electrons. The van der Waals surface area contributed by atoms with Crippen molar-refractivity contribution in [3.8, 4) is 0 Å². The third-order valence-corrected chi connectivity index (χ3v) is 3.06. The second-order valence-electron chi connectivity index (χ2n) is 4.05. The molecule has 2 saturated heterocycles. The van der Waals surface area contributed by atoms with Crippen molar-refractivity contribution in [1.29, 1.82) is 0 Å². The molecule has 0 atom stereocenters. The van der Waals surface area contributed by atoms with Gasteiger partial charge in [-0.3, -0.25) is 14.7 Å². The Morgan fingerprint density at radius 1 is 0.833 bits per heavy atom. The van der Waals surface area contributed by atoms with Gasteiger partial charge in [-0.1, -0.05) is 0 Å². The summed E-state index contributed by atoms with van der Waals surface area (Å²) < 4.78 is 0. The Labute approximate surface area is 74.9 Å². The minimum absolute atomic E-state index is 0.590. The summed E-state index contributed by atoms with van der Waals surface area (Å²) in [6.45, 7) is 5.02. The van der Waals surface area contributed by atoms with Crippen LogP contribution in [0.4, 0.5) is 0 Å². The molecule has 0 spiro atoms. The molecular weight excluding hydrogens is 150 g/mol. The van der Waals surface area contributed by atoms with Crippen LogP contribution in [-0.4, -0.2) is 61.3 Å². The summed E-state index contributed by atoms with van der Waals surface area (Å²) >= 11 is 0. The molecule has 3 nitrogen and oxygen atoms in total. The third kappa shape index (κ3) is 1.37. The highest BCUT2D eigenvalue weighted by molar-refractivity contribution is 4.80. The lowest BCUT2D eigenvalue weighted by molar-refractivity contribution is 0.0272. The predicted molar refractivity (Wildman–Crippen MR) is 49.9 cm³/mol. The highest BCUT2D eigenvalue weighted by Gasteiger charge is 2.32. The Morgan fingerprint density at radius 3 is 1.83 bits per heavy atom. The second kappa shape index (κ2) is 3.32. The third-order valence-electron chi connectivity index (χ3n) is 3.06. The molecule has 0 aromatic carbocycles. The minimum Gasteiger partial charge on any atom is -0.277 e. The monoisotopic (exact) mass is 169 g/mol. The highest BCUT2D eigenvalue weighted by atomic mass is 15.5. The molecule has 2 fully saturated rings. The van der Waals surface area contributed by atoms with Crippen molar-refractivity contribution in [2.75, 3.05) is 40.3 Å². The van der Waals surface area contributed by atoms with E-state index >= 15 is 0 Å². The largest absolute Gasteiger partial charge is 0.277 e. The normalized spacial score (nSPS) is 30.5. The van der Waals surface area contributed by atoms with Gasteiger partial charge in [0.1, 0.15) is 6.29 Å². The number of rotatable bonds is 1. The SMILES string of the molecule is CN1CCN(C)C1N1CCCC1. The van der Waals surface area contributed by atoms with Gasteiger partial charge in [0.2, 0.25) is 0 Å². The topological polar surface area (TPSA) is 9.72 Å². The number of likely N-dealkylation sites (tertiary alicyclic amines) is 1. The zero-order valence-corrected chi connectivity index (χ0v) is 8.16. The summed E-state index contributed by atoms with van der Waals surface area (Å²) in [6.07, 6.45) is 3.36. The molecule has 70 valence electrons. The van der Waals surface area contributed by atoms with Gasteiger partial charge in [0, 0.05) is 26.2 Å². The molecule has 0 N–H and O–H groups in total. The van der Waals surface area contributed by atoms with Crippen LogP contribution in [0.1, 0.15) is 12.8 Å². The molecule has 2 heterocycles. The van der Waals surface area contributed by atoms with Crippen molar-refractivity contribution in [2.24, 2.45) is 0 Å². The van der Waals surface area contributed by atoms with Crippen molar-refractivity contribution < 1.29 is 0 Å². The number of nitrogens with zero attached hydrogens (tertiary/aromatic N) is 3. The maximum absolute atomic E-state index is 2.59. The van der Waals surface area contributed by atoms with Crippen LogP contribution in [0.25, 0.3) is 0 Å². The van der Waals surface area contributed by atoms with Crippen LogP contribution < -0.4 is 0 Å². The van der Waals surface area contributed by atoms with Crippen LogP contribution in [0.2, 0.25) is 0 Å². The van der Waals surface area contributed by atoms with E-state index in [1.807, 2.05) is 0 Å². The molecule has 2 rings (SSSR count). The Bertz CT molecular complexity index is 144. The van der Waals surface area contributed by atoms with Crippen molar-refractivity contribution >= 4 is 0 Å². The van der Waals surface area contributed by atoms with Crippen LogP contribution in [0.5, 0.6) is 0 Å². The van der Waals surface area contributed by atoms with Gasteiger partial charge in [0.25, 0.3) is 0 Å². The number of hydrogen-bond donors (Lipinski definition) is 0. The van der Waals surface area contributed by atoms with Gasteiger partial charge in [-0.25, -0.2) is 0 Å². The van der Waals surface area contributed by atoms with E-state index in [1.165, 1.54) is 39.0 Å². The van der Waals surface area contributed by atoms with Gasteiger partial charge in [0.05, 0.1) is 0 Å². The molecule has 0 unspecified atom stereocenters. The van der Waals surface area contributed by atoms with Crippen LogP contribution in [0.15, 0.2) is 0 Å². The Kier molecular flexibility index (Phi) is 2.35. The molecule has 12 heavy (non-hydrogen) atoms. The lowest BCUT2D eigenvalue weighted by Crippen LogP contribution is -2.48. The summed E-state index contributed by atoms with van der Waals surface area (Å²) in [5.74, 6) is 0. The predicted octanol–water partition coefficient (Wildman–Crippen LogP) is 0.243. The van der Waals surface area contributed by atoms with Crippen LogP contribution in [0, 0.1) is 0 Å². The van der Waals surface area contributed by atoms with E-state index in [9.17, 15) is 0 Å².